The van der Waals surface area contributed by atoms with Crippen LogP contribution in [0.1, 0.15) is 18.4 Å². The van der Waals surface area contributed by atoms with Crippen LogP contribution < -0.4 is 4.74 Å². The van der Waals surface area contributed by atoms with Crippen molar-refractivity contribution < 1.29 is 19.0 Å². The average molecular weight is 305 g/mol. The van der Waals surface area contributed by atoms with Crippen molar-refractivity contribution in [1.82, 2.24) is 4.90 Å². The number of carbonyl (C=O) groups excluding carboxylic acids is 1. The lowest BCUT2D eigenvalue weighted by molar-refractivity contribution is -0.138. The minimum absolute atomic E-state index is 0.0493. The van der Waals surface area contributed by atoms with Gasteiger partial charge in [-0.3, -0.25) is 4.79 Å². The van der Waals surface area contributed by atoms with Gasteiger partial charge in [-0.25, -0.2) is 0 Å². The fraction of sp³-hybridized carbons (Fsp3) is 0.588. The second-order valence-corrected chi connectivity index (χ2v) is 5.93. The largest absolute Gasteiger partial charge is 0.484 e. The van der Waals surface area contributed by atoms with Crippen LogP contribution in [-0.2, 0) is 14.3 Å². The van der Waals surface area contributed by atoms with E-state index in [1.165, 1.54) is 0 Å². The molecule has 1 amide bonds. The van der Waals surface area contributed by atoms with E-state index in [2.05, 4.69) is 0 Å². The number of hydrogen-bond acceptors (Lipinski definition) is 4. The van der Waals surface area contributed by atoms with Crippen LogP contribution in [0.2, 0.25) is 0 Å². The van der Waals surface area contributed by atoms with Gasteiger partial charge >= 0.3 is 0 Å². The standard InChI is InChI=1S/C17H23NO4/c1-13-3-2-4-15(11-13)22-12-16(19)18-7-5-14(6-8-18)17-20-9-10-21-17/h2-4,11,14,17H,5-10,12H2,1H3. The summed E-state index contributed by atoms with van der Waals surface area (Å²) in [6.07, 6.45) is 1.79. The number of piperidine rings is 1. The van der Waals surface area contributed by atoms with E-state index in [-0.39, 0.29) is 18.8 Å². The minimum atomic E-state index is -0.0687. The Morgan fingerprint density at radius 3 is 2.68 bits per heavy atom. The van der Waals surface area contributed by atoms with Crippen molar-refractivity contribution in [2.24, 2.45) is 5.92 Å². The molecule has 2 fully saturated rings. The Balaban J connectivity index is 1.43. The molecule has 1 aromatic carbocycles. The Morgan fingerprint density at radius 1 is 1.27 bits per heavy atom. The lowest BCUT2D eigenvalue weighted by Crippen LogP contribution is -2.43. The molecule has 120 valence electrons. The van der Waals surface area contributed by atoms with Gasteiger partial charge < -0.3 is 19.1 Å². The highest BCUT2D eigenvalue weighted by Crippen LogP contribution is 2.25. The highest BCUT2D eigenvalue weighted by Gasteiger charge is 2.31. The second kappa shape index (κ2) is 7.11. The Bertz CT molecular complexity index is 505. The highest BCUT2D eigenvalue weighted by atomic mass is 16.7. The van der Waals surface area contributed by atoms with Gasteiger partial charge in [0.25, 0.3) is 5.91 Å². The monoisotopic (exact) mass is 305 g/mol. The third-order valence-corrected chi connectivity index (χ3v) is 4.28. The lowest BCUT2D eigenvalue weighted by Gasteiger charge is -2.33. The normalized spacial score (nSPS) is 20.3. The van der Waals surface area contributed by atoms with E-state index in [4.69, 9.17) is 14.2 Å². The molecule has 0 spiro atoms. The van der Waals surface area contributed by atoms with Gasteiger partial charge in [0.1, 0.15) is 5.75 Å². The molecule has 2 aliphatic rings. The first-order valence-electron chi connectivity index (χ1n) is 7.93. The van der Waals surface area contributed by atoms with Gasteiger partial charge in [-0.05, 0) is 37.5 Å². The van der Waals surface area contributed by atoms with E-state index in [9.17, 15) is 4.79 Å². The average Bonchev–Trinajstić information content (AvgIpc) is 3.07. The van der Waals surface area contributed by atoms with Gasteiger partial charge in [-0.15, -0.1) is 0 Å². The predicted molar refractivity (Wildman–Crippen MR) is 81.7 cm³/mol. The Kier molecular flexibility index (Phi) is 4.95. The summed E-state index contributed by atoms with van der Waals surface area (Å²) < 4.78 is 16.7. The molecule has 22 heavy (non-hydrogen) atoms. The third kappa shape index (κ3) is 3.78. The zero-order valence-electron chi connectivity index (χ0n) is 13.0. The van der Waals surface area contributed by atoms with E-state index in [0.29, 0.717) is 19.1 Å². The molecule has 3 rings (SSSR count). The van der Waals surface area contributed by atoms with E-state index < -0.39 is 0 Å². The molecular formula is C17H23NO4. The molecule has 0 radical (unpaired) electrons. The molecule has 0 aromatic heterocycles. The number of rotatable bonds is 4. The summed E-state index contributed by atoms with van der Waals surface area (Å²) in [5, 5.41) is 0. The molecule has 0 unspecified atom stereocenters. The van der Waals surface area contributed by atoms with Gasteiger partial charge in [-0.2, -0.15) is 0 Å². The Labute approximate surface area is 131 Å². The molecule has 5 nitrogen and oxygen atoms in total. The maximum Gasteiger partial charge on any atom is 0.260 e. The summed E-state index contributed by atoms with van der Waals surface area (Å²) in [5.74, 6) is 1.20. The van der Waals surface area contributed by atoms with Crippen LogP contribution in [0.4, 0.5) is 0 Å². The van der Waals surface area contributed by atoms with Crippen molar-refractivity contribution in [2.75, 3.05) is 32.9 Å². The SMILES string of the molecule is Cc1cccc(OCC(=O)N2CCC(C3OCCO3)CC2)c1. The smallest absolute Gasteiger partial charge is 0.260 e. The molecule has 5 heteroatoms. The summed E-state index contributed by atoms with van der Waals surface area (Å²) >= 11 is 0. The molecule has 0 N–H and O–H groups in total. The van der Waals surface area contributed by atoms with Crippen molar-refractivity contribution in [3.05, 3.63) is 29.8 Å². The number of aryl methyl sites for hydroxylation is 1. The summed E-state index contributed by atoms with van der Waals surface area (Å²) in [6.45, 7) is 4.99. The first-order valence-corrected chi connectivity index (χ1v) is 7.93. The molecule has 2 aliphatic heterocycles. The van der Waals surface area contributed by atoms with Crippen LogP contribution in [0.5, 0.6) is 5.75 Å². The van der Waals surface area contributed by atoms with Gasteiger partial charge in [0.2, 0.25) is 0 Å². The summed E-state index contributed by atoms with van der Waals surface area (Å²) in [4.78, 5) is 14.1. The summed E-state index contributed by atoms with van der Waals surface area (Å²) in [7, 11) is 0. The Morgan fingerprint density at radius 2 is 2.00 bits per heavy atom. The van der Waals surface area contributed by atoms with Gasteiger partial charge in [-0.1, -0.05) is 12.1 Å². The minimum Gasteiger partial charge on any atom is -0.484 e. The molecule has 0 aliphatic carbocycles. The summed E-state index contributed by atoms with van der Waals surface area (Å²) in [6, 6.07) is 7.75. The highest BCUT2D eigenvalue weighted by molar-refractivity contribution is 5.77. The number of nitrogens with zero attached hydrogens (tertiary/aromatic N) is 1. The molecule has 1 aromatic rings. The maximum atomic E-state index is 12.2. The van der Waals surface area contributed by atoms with E-state index in [0.717, 1.165) is 37.2 Å². The van der Waals surface area contributed by atoms with Gasteiger partial charge in [0.05, 0.1) is 13.2 Å². The fourth-order valence-corrected chi connectivity index (χ4v) is 3.01. The number of amides is 1. The number of benzene rings is 1. The van der Waals surface area contributed by atoms with Crippen LogP contribution in [-0.4, -0.2) is 50.0 Å². The summed E-state index contributed by atoms with van der Waals surface area (Å²) in [5.41, 5.74) is 1.13. The van der Waals surface area contributed by atoms with Crippen LogP contribution in [0, 0.1) is 12.8 Å². The third-order valence-electron chi connectivity index (χ3n) is 4.28. The van der Waals surface area contributed by atoms with Crippen molar-refractivity contribution in [3.63, 3.8) is 0 Å². The molecular weight excluding hydrogens is 282 g/mol. The molecule has 0 atom stereocenters. The van der Waals surface area contributed by atoms with Crippen LogP contribution in [0.15, 0.2) is 24.3 Å². The molecule has 2 heterocycles. The van der Waals surface area contributed by atoms with Gasteiger partial charge in [0, 0.05) is 19.0 Å². The maximum absolute atomic E-state index is 12.2. The number of likely N-dealkylation sites (tertiary alicyclic amines) is 1. The quantitative estimate of drug-likeness (QED) is 0.853. The number of carbonyl (C=O) groups is 1. The molecule has 0 saturated carbocycles. The van der Waals surface area contributed by atoms with E-state index >= 15 is 0 Å². The van der Waals surface area contributed by atoms with Crippen LogP contribution in [0.25, 0.3) is 0 Å². The van der Waals surface area contributed by atoms with Gasteiger partial charge in [0.15, 0.2) is 12.9 Å². The van der Waals surface area contributed by atoms with E-state index in [1.807, 2.05) is 36.1 Å². The first kappa shape index (κ1) is 15.3. The van der Waals surface area contributed by atoms with Crippen LogP contribution >= 0.6 is 0 Å². The second-order valence-electron chi connectivity index (χ2n) is 5.93. The van der Waals surface area contributed by atoms with Crippen molar-refractivity contribution in [1.29, 1.82) is 0 Å². The van der Waals surface area contributed by atoms with Crippen molar-refractivity contribution in [2.45, 2.75) is 26.1 Å². The number of ether oxygens (including phenoxy) is 3. The topological polar surface area (TPSA) is 48.0 Å². The van der Waals surface area contributed by atoms with Crippen molar-refractivity contribution in [3.8, 4) is 5.75 Å². The first-order chi connectivity index (χ1) is 10.7. The lowest BCUT2D eigenvalue weighted by atomic mass is 9.96. The Hall–Kier alpha value is -1.59. The van der Waals surface area contributed by atoms with Crippen molar-refractivity contribution >= 4 is 5.91 Å². The zero-order chi connectivity index (χ0) is 15.4. The molecule has 0 bridgehead atoms. The fourth-order valence-electron chi connectivity index (χ4n) is 3.01. The zero-order valence-corrected chi connectivity index (χ0v) is 13.0. The van der Waals surface area contributed by atoms with Crippen LogP contribution in [0.3, 0.4) is 0 Å². The predicted octanol–water partition coefficient (Wildman–Crippen LogP) is 1.99. The number of hydrogen-bond donors (Lipinski definition) is 0. The van der Waals surface area contributed by atoms with E-state index in [1.54, 1.807) is 0 Å². The molecule has 2 saturated heterocycles.